The Kier molecular flexibility index (Phi) is 4.70. The minimum Gasteiger partial charge on any atom is -0.327 e. The molecule has 2 rings (SSSR count). The summed E-state index contributed by atoms with van der Waals surface area (Å²) in [6.45, 7) is 12.5. The second-order valence-corrected chi connectivity index (χ2v) is 8.04. The number of hydrogen-bond donors (Lipinski definition) is 1. The van der Waals surface area contributed by atoms with Crippen molar-refractivity contribution in [3.8, 4) is 0 Å². The first-order valence-corrected chi connectivity index (χ1v) is 8.29. The zero-order valence-electron chi connectivity index (χ0n) is 12.8. The van der Waals surface area contributed by atoms with E-state index >= 15 is 0 Å². The molecular weight excluding hydrogens is 252 g/mol. The molecule has 1 fully saturated rings. The molecule has 0 spiro atoms. The van der Waals surface area contributed by atoms with E-state index in [0.717, 1.165) is 19.5 Å². The van der Waals surface area contributed by atoms with Crippen LogP contribution >= 0.6 is 11.3 Å². The number of nitrogens with zero attached hydrogens (tertiary/aromatic N) is 1. The van der Waals surface area contributed by atoms with E-state index in [2.05, 4.69) is 44.7 Å². The van der Waals surface area contributed by atoms with Gasteiger partial charge in [-0.25, -0.2) is 0 Å². The average molecular weight is 280 g/mol. The van der Waals surface area contributed by atoms with Gasteiger partial charge in [-0.3, -0.25) is 4.90 Å². The molecule has 1 aliphatic rings. The van der Waals surface area contributed by atoms with Crippen LogP contribution in [0.5, 0.6) is 0 Å². The van der Waals surface area contributed by atoms with Crippen LogP contribution in [0.3, 0.4) is 0 Å². The van der Waals surface area contributed by atoms with Gasteiger partial charge in [0, 0.05) is 35.4 Å². The van der Waals surface area contributed by atoms with Crippen molar-refractivity contribution in [3.05, 3.63) is 21.9 Å². The standard InChI is InChI=1S/C16H28N2S/c1-5-12-10-18(9-8-14(12)17)11-13-6-7-15(19-13)16(2,3)4/h6-7,12,14H,5,8-11,17H2,1-4H3. The second-order valence-electron chi connectivity index (χ2n) is 6.87. The van der Waals surface area contributed by atoms with E-state index in [9.17, 15) is 0 Å². The van der Waals surface area contributed by atoms with Gasteiger partial charge in [-0.15, -0.1) is 11.3 Å². The Bertz CT molecular complexity index is 405. The Hall–Kier alpha value is -0.380. The van der Waals surface area contributed by atoms with Crippen LogP contribution in [0.25, 0.3) is 0 Å². The van der Waals surface area contributed by atoms with Gasteiger partial charge >= 0.3 is 0 Å². The van der Waals surface area contributed by atoms with Crippen molar-refractivity contribution in [1.82, 2.24) is 4.90 Å². The Labute approximate surface area is 122 Å². The van der Waals surface area contributed by atoms with Crippen LogP contribution in [-0.2, 0) is 12.0 Å². The fourth-order valence-electron chi connectivity index (χ4n) is 2.79. The SMILES string of the molecule is CCC1CN(Cc2ccc(C(C)(C)C)s2)CCC1N. The van der Waals surface area contributed by atoms with Crippen LogP contribution in [0.2, 0.25) is 0 Å². The van der Waals surface area contributed by atoms with Crippen molar-refractivity contribution in [2.75, 3.05) is 13.1 Å². The molecule has 2 N–H and O–H groups in total. The molecule has 0 aromatic carbocycles. The molecule has 1 saturated heterocycles. The van der Waals surface area contributed by atoms with E-state index in [1.54, 1.807) is 0 Å². The summed E-state index contributed by atoms with van der Waals surface area (Å²) in [6, 6.07) is 5.02. The maximum Gasteiger partial charge on any atom is 0.0328 e. The van der Waals surface area contributed by atoms with Crippen LogP contribution in [0.4, 0.5) is 0 Å². The molecule has 1 aromatic rings. The Morgan fingerprint density at radius 2 is 2.11 bits per heavy atom. The number of rotatable bonds is 3. The van der Waals surface area contributed by atoms with Gasteiger partial charge in [0.25, 0.3) is 0 Å². The summed E-state index contributed by atoms with van der Waals surface area (Å²) in [7, 11) is 0. The summed E-state index contributed by atoms with van der Waals surface area (Å²) in [6.07, 6.45) is 2.35. The molecule has 2 unspecified atom stereocenters. The highest BCUT2D eigenvalue weighted by Crippen LogP contribution is 2.30. The second kappa shape index (κ2) is 5.94. The molecule has 0 bridgehead atoms. The average Bonchev–Trinajstić information content (AvgIpc) is 2.80. The first kappa shape index (κ1) is 15.0. The molecule has 0 aliphatic carbocycles. The first-order valence-electron chi connectivity index (χ1n) is 7.47. The van der Waals surface area contributed by atoms with Crippen LogP contribution in [0, 0.1) is 5.92 Å². The van der Waals surface area contributed by atoms with E-state index in [-0.39, 0.29) is 5.41 Å². The number of thiophene rings is 1. The van der Waals surface area contributed by atoms with Gasteiger partial charge < -0.3 is 5.73 Å². The van der Waals surface area contributed by atoms with Gasteiger partial charge in [-0.05, 0) is 29.9 Å². The topological polar surface area (TPSA) is 29.3 Å². The van der Waals surface area contributed by atoms with Crippen molar-refractivity contribution >= 4 is 11.3 Å². The van der Waals surface area contributed by atoms with Gasteiger partial charge in [0.2, 0.25) is 0 Å². The van der Waals surface area contributed by atoms with E-state index < -0.39 is 0 Å². The van der Waals surface area contributed by atoms with Crippen molar-refractivity contribution in [3.63, 3.8) is 0 Å². The van der Waals surface area contributed by atoms with Crippen LogP contribution in [-0.4, -0.2) is 24.0 Å². The Morgan fingerprint density at radius 1 is 1.37 bits per heavy atom. The van der Waals surface area contributed by atoms with Crippen LogP contribution < -0.4 is 5.73 Å². The predicted octanol–water partition coefficient (Wildman–Crippen LogP) is 3.60. The third-order valence-electron chi connectivity index (χ3n) is 4.18. The molecule has 0 amide bonds. The summed E-state index contributed by atoms with van der Waals surface area (Å²) in [5, 5.41) is 0. The summed E-state index contributed by atoms with van der Waals surface area (Å²) < 4.78 is 0. The molecule has 0 saturated carbocycles. The van der Waals surface area contributed by atoms with Crippen LogP contribution in [0.1, 0.15) is 50.3 Å². The predicted molar refractivity (Wildman–Crippen MR) is 84.7 cm³/mol. The highest BCUT2D eigenvalue weighted by molar-refractivity contribution is 7.12. The summed E-state index contributed by atoms with van der Waals surface area (Å²) in [5.41, 5.74) is 6.46. The molecule has 19 heavy (non-hydrogen) atoms. The minimum absolute atomic E-state index is 0.277. The quantitative estimate of drug-likeness (QED) is 0.916. The highest BCUT2D eigenvalue weighted by atomic mass is 32.1. The Balaban J connectivity index is 1.96. The molecular formula is C16H28N2S. The van der Waals surface area contributed by atoms with Gasteiger partial charge in [-0.1, -0.05) is 34.1 Å². The number of piperidine rings is 1. The number of nitrogens with two attached hydrogens (primary N) is 1. The minimum atomic E-state index is 0.277. The maximum absolute atomic E-state index is 6.18. The lowest BCUT2D eigenvalue weighted by atomic mass is 9.91. The van der Waals surface area contributed by atoms with Crippen molar-refractivity contribution < 1.29 is 0 Å². The zero-order valence-corrected chi connectivity index (χ0v) is 13.6. The monoisotopic (exact) mass is 280 g/mol. The molecule has 2 atom stereocenters. The van der Waals surface area contributed by atoms with Gasteiger partial charge in [0.05, 0.1) is 0 Å². The molecule has 0 radical (unpaired) electrons. The number of likely N-dealkylation sites (tertiary alicyclic amines) is 1. The summed E-state index contributed by atoms with van der Waals surface area (Å²) in [4.78, 5) is 5.56. The van der Waals surface area contributed by atoms with Crippen molar-refractivity contribution in [2.45, 2.75) is 58.5 Å². The lowest BCUT2D eigenvalue weighted by Crippen LogP contribution is -2.46. The van der Waals surface area contributed by atoms with E-state index in [0.29, 0.717) is 12.0 Å². The summed E-state index contributed by atoms with van der Waals surface area (Å²) in [5.74, 6) is 0.677. The Morgan fingerprint density at radius 3 is 2.68 bits per heavy atom. The van der Waals surface area contributed by atoms with Gasteiger partial charge in [0.1, 0.15) is 0 Å². The zero-order chi connectivity index (χ0) is 14.0. The van der Waals surface area contributed by atoms with Crippen LogP contribution in [0.15, 0.2) is 12.1 Å². The van der Waals surface area contributed by atoms with E-state index in [4.69, 9.17) is 5.73 Å². The van der Waals surface area contributed by atoms with Gasteiger partial charge in [0.15, 0.2) is 0 Å². The maximum atomic E-state index is 6.18. The largest absolute Gasteiger partial charge is 0.327 e. The lowest BCUT2D eigenvalue weighted by molar-refractivity contribution is 0.146. The van der Waals surface area contributed by atoms with Gasteiger partial charge in [-0.2, -0.15) is 0 Å². The van der Waals surface area contributed by atoms with Crippen molar-refractivity contribution in [2.24, 2.45) is 11.7 Å². The molecule has 2 nitrogen and oxygen atoms in total. The highest BCUT2D eigenvalue weighted by Gasteiger charge is 2.25. The first-order chi connectivity index (χ1) is 8.90. The third-order valence-corrected chi connectivity index (χ3v) is 5.68. The molecule has 108 valence electrons. The smallest absolute Gasteiger partial charge is 0.0328 e. The number of hydrogen-bond acceptors (Lipinski definition) is 3. The van der Waals surface area contributed by atoms with E-state index in [1.165, 1.54) is 22.7 Å². The lowest BCUT2D eigenvalue weighted by Gasteiger charge is -2.36. The third kappa shape index (κ3) is 3.80. The molecule has 1 aromatic heterocycles. The molecule has 1 aliphatic heterocycles. The normalized spacial score (nSPS) is 25.7. The summed E-state index contributed by atoms with van der Waals surface area (Å²) >= 11 is 1.97. The fraction of sp³-hybridized carbons (Fsp3) is 0.750. The van der Waals surface area contributed by atoms with E-state index in [1.807, 2.05) is 11.3 Å². The molecule has 2 heterocycles. The fourth-order valence-corrected chi connectivity index (χ4v) is 3.90. The molecule has 3 heteroatoms. The van der Waals surface area contributed by atoms with Crippen molar-refractivity contribution in [1.29, 1.82) is 0 Å².